The molecule has 0 spiro atoms. The van der Waals surface area contributed by atoms with Gasteiger partial charge in [0.25, 0.3) is 0 Å². The van der Waals surface area contributed by atoms with E-state index in [2.05, 4.69) is 41.2 Å². The maximum absolute atomic E-state index is 12.7. The molecule has 0 bridgehead atoms. The van der Waals surface area contributed by atoms with Gasteiger partial charge in [0.15, 0.2) is 5.65 Å². The van der Waals surface area contributed by atoms with Crippen LogP contribution < -0.4 is 5.32 Å². The number of carbonyl (C=O) groups is 1. The molecule has 1 aliphatic heterocycles. The Kier molecular flexibility index (Phi) is 6.28. The zero-order valence-electron chi connectivity index (χ0n) is 17.8. The van der Waals surface area contributed by atoms with Gasteiger partial charge in [-0.15, -0.1) is 0 Å². The van der Waals surface area contributed by atoms with E-state index in [4.69, 9.17) is 4.98 Å². The minimum atomic E-state index is 0.214. The minimum Gasteiger partial charge on any atom is -0.369 e. The quantitative estimate of drug-likeness (QED) is 0.653. The number of nitrogens with zero attached hydrogens (tertiary/aromatic N) is 5. The highest BCUT2D eigenvalue weighted by atomic mass is 16.2. The van der Waals surface area contributed by atoms with Crippen molar-refractivity contribution in [2.45, 2.75) is 26.7 Å². The third kappa shape index (κ3) is 4.31. The Morgan fingerprint density at radius 3 is 2.73 bits per heavy atom. The van der Waals surface area contributed by atoms with Gasteiger partial charge >= 0.3 is 0 Å². The average molecular weight is 407 g/mol. The van der Waals surface area contributed by atoms with Crippen molar-refractivity contribution in [1.82, 2.24) is 24.2 Å². The Balaban J connectivity index is 1.45. The molecule has 1 N–H and O–H groups in total. The van der Waals surface area contributed by atoms with Crippen LogP contribution in [0.5, 0.6) is 0 Å². The number of piperazine rings is 1. The fraction of sp³-hybridized carbons (Fsp3) is 0.435. The predicted molar refractivity (Wildman–Crippen MR) is 120 cm³/mol. The number of aromatic nitrogens is 3. The summed E-state index contributed by atoms with van der Waals surface area (Å²) in [5.74, 6) is 1.12. The van der Waals surface area contributed by atoms with Crippen LogP contribution in [-0.2, 0) is 4.79 Å². The number of nitrogens with one attached hydrogen (secondary N) is 1. The van der Waals surface area contributed by atoms with Crippen molar-refractivity contribution in [1.29, 1.82) is 0 Å². The number of hydrogen-bond donors (Lipinski definition) is 1. The van der Waals surface area contributed by atoms with Gasteiger partial charge in [-0.2, -0.15) is 0 Å². The molecule has 1 aliphatic rings. The van der Waals surface area contributed by atoms with Crippen molar-refractivity contribution in [2.24, 2.45) is 0 Å². The zero-order chi connectivity index (χ0) is 20.9. The first kappa shape index (κ1) is 20.3. The van der Waals surface area contributed by atoms with Gasteiger partial charge in [0.2, 0.25) is 5.91 Å². The summed E-state index contributed by atoms with van der Waals surface area (Å²) in [5.41, 5.74) is 3.93. The average Bonchev–Trinajstić information content (AvgIpc) is 3.13. The monoisotopic (exact) mass is 406 g/mol. The molecule has 0 unspecified atom stereocenters. The number of anilines is 1. The van der Waals surface area contributed by atoms with Crippen molar-refractivity contribution in [3.8, 4) is 11.3 Å². The number of benzene rings is 1. The van der Waals surface area contributed by atoms with Crippen LogP contribution in [0.25, 0.3) is 16.9 Å². The van der Waals surface area contributed by atoms with Gasteiger partial charge in [0.05, 0.1) is 6.20 Å². The number of amides is 1. The number of hydrogen-bond acceptors (Lipinski definition) is 5. The third-order valence-electron chi connectivity index (χ3n) is 5.73. The van der Waals surface area contributed by atoms with E-state index in [0.717, 1.165) is 67.4 Å². The molecule has 3 aromatic rings. The highest BCUT2D eigenvalue weighted by Gasteiger charge is 2.21. The van der Waals surface area contributed by atoms with E-state index < -0.39 is 0 Å². The molecule has 0 atom stereocenters. The number of imidazole rings is 1. The molecule has 4 rings (SSSR count). The first-order valence-corrected chi connectivity index (χ1v) is 10.8. The van der Waals surface area contributed by atoms with Crippen LogP contribution >= 0.6 is 0 Å². The highest BCUT2D eigenvalue weighted by molar-refractivity contribution is 5.80. The minimum absolute atomic E-state index is 0.214. The fourth-order valence-corrected chi connectivity index (χ4v) is 4.09. The lowest BCUT2D eigenvalue weighted by atomic mass is 10.1. The summed E-state index contributed by atoms with van der Waals surface area (Å²) in [4.78, 5) is 26.1. The van der Waals surface area contributed by atoms with Gasteiger partial charge in [-0.1, -0.05) is 31.2 Å². The molecule has 1 amide bonds. The molecule has 0 radical (unpaired) electrons. The van der Waals surface area contributed by atoms with Gasteiger partial charge in [-0.05, 0) is 25.5 Å². The van der Waals surface area contributed by atoms with Gasteiger partial charge < -0.3 is 10.2 Å². The molecule has 0 aliphatic carbocycles. The van der Waals surface area contributed by atoms with E-state index in [9.17, 15) is 4.79 Å². The molecule has 1 saturated heterocycles. The Morgan fingerprint density at radius 1 is 1.17 bits per heavy atom. The van der Waals surface area contributed by atoms with E-state index in [1.165, 1.54) is 0 Å². The Labute approximate surface area is 177 Å². The summed E-state index contributed by atoms with van der Waals surface area (Å²) in [6.45, 7) is 9.59. The Hall–Kier alpha value is -2.93. The number of rotatable bonds is 7. The van der Waals surface area contributed by atoms with Crippen LogP contribution in [0.2, 0.25) is 0 Å². The third-order valence-corrected chi connectivity index (χ3v) is 5.73. The van der Waals surface area contributed by atoms with Crippen molar-refractivity contribution < 1.29 is 4.79 Å². The second-order valence-corrected chi connectivity index (χ2v) is 7.83. The van der Waals surface area contributed by atoms with Crippen LogP contribution in [0.15, 0.2) is 42.9 Å². The fourth-order valence-electron chi connectivity index (χ4n) is 4.09. The SMILES string of the molecule is CCCN1CCN(C(=O)CCNc2c(-c3ccccc3C)nc3cnccn23)CC1. The lowest BCUT2D eigenvalue weighted by Crippen LogP contribution is -2.49. The van der Waals surface area contributed by atoms with Crippen molar-refractivity contribution in [3.05, 3.63) is 48.4 Å². The van der Waals surface area contributed by atoms with Crippen LogP contribution in [0.4, 0.5) is 5.82 Å². The van der Waals surface area contributed by atoms with Gasteiger partial charge in [-0.3, -0.25) is 19.1 Å². The van der Waals surface area contributed by atoms with Gasteiger partial charge in [0.1, 0.15) is 11.5 Å². The van der Waals surface area contributed by atoms with Gasteiger partial charge in [-0.25, -0.2) is 4.98 Å². The second-order valence-electron chi connectivity index (χ2n) is 7.83. The van der Waals surface area contributed by atoms with Crippen molar-refractivity contribution in [2.75, 3.05) is 44.6 Å². The summed E-state index contributed by atoms with van der Waals surface area (Å²) in [7, 11) is 0. The van der Waals surface area contributed by atoms with Crippen LogP contribution in [0, 0.1) is 6.92 Å². The largest absolute Gasteiger partial charge is 0.369 e. The molecule has 1 aromatic carbocycles. The van der Waals surface area contributed by atoms with E-state index in [0.29, 0.717) is 13.0 Å². The van der Waals surface area contributed by atoms with Crippen molar-refractivity contribution >= 4 is 17.4 Å². The number of carbonyl (C=O) groups excluding carboxylic acids is 1. The molecule has 7 nitrogen and oxygen atoms in total. The van der Waals surface area contributed by atoms with Crippen molar-refractivity contribution in [3.63, 3.8) is 0 Å². The van der Waals surface area contributed by atoms with Gasteiger partial charge in [0, 0.05) is 57.1 Å². The first-order chi connectivity index (χ1) is 14.7. The standard InChI is InChI=1S/C23H30N6O/c1-3-11-27-13-15-28(16-14-27)21(30)8-9-25-23-22(19-7-5-4-6-18(19)2)26-20-17-24-10-12-29(20)23/h4-7,10,12,17,25H,3,8-9,11,13-16H2,1-2H3. The summed E-state index contributed by atoms with van der Waals surface area (Å²) in [6, 6.07) is 8.22. The molecular weight excluding hydrogens is 376 g/mol. The number of fused-ring (bicyclic) bond motifs is 1. The molecule has 3 heterocycles. The van der Waals surface area contributed by atoms with E-state index in [1.54, 1.807) is 12.4 Å². The first-order valence-electron chi connectivity index (χ1n) is 10.8. The molecule has 0 saturated carbocycles. The molecule has 7 heteroatoms. The molecule has 30 heavy (non-hydrogen) atoms. The van der Waals surface area contributed by atoms with E-state index >= 15 is 0 Å². The summed E-state index contributed by atoms with van der Waals surface area (Å²) < 4.78 is 2.00. The molecule has 2 aromatic heterocycles. The maximum Gasteiger partial charge on any atom is 0.224 e. The summed E-state index contributed by atoms with van der Waals surface area (Å²) >= 11 is 0. The highest BCUT2D eigenvalue weighted by Crippen LogP contribution is 2.30. The molecular formula is C23H30N6O. The smallest absolute Gasteiger partial charge is 0.224 e. The summed E-state index contributed by atoms with van der Waals surface area (Å²) in [5, 5.41) is 3.48. The van der Waals surface area contributed by atoms with Crippen LogP contribution in [0.3, 0.4) is 0 Å². The van der Waals surface area contributed by atoms with E-state index in [1.807, 2.05) is 27.6 Å². The predicted octanol–water partition coefficient (Wildman–Crippen LogP) is 3.06. The molecule has 158 valence electrons. The normalized spacial score (nSPS) is 14.9. The number of aryl methyl sites for hydroxylation is 1. The second kappa shape index (κ2) is 9.26. The summed E-state index contributed by atoms with van der Waals surface area (Å²) in [6.07, 6.45) is 7.05. The van der Waals surface area contributed by atoms with Crippen LogP contribution in [0.1, 0.15) is 25.3 Å². The topological polar surface area (TPSA) is 65.8 Å². The van der Waals surface area contributed by atoms with E-state index in [-0.39, 0.29) is 5.91 Å². The Morgan fingerprint density at radius 2 is 1.97 bits per heavy atom. The lowest BCUT2D eigenvalue weighted by molar-refractivity contribution is -0.132. The Bertz CT molecular complexity index is 1010. The lowest BCUT2D eigenvalue weighted by Gasteiger charge is -2.34. The van der Waals surface area contributed by atoms with Crippen LogP contribution in [-0.4, -0.2) is 69.3 Å². The zero-order valence-corrected chi connectivity index (χ0v) is 17.8. The molecule has 1 fully saturated rings. The maximum atomic E-state index is 12.7.